The SMILES string of the molecule is C=CC1=C(C)/C(=C/c2[nH]c(Cc3[nH]c(/C=C4\NC(=O)C(C=C)=C4C)c(C)c3CCC(=O)[O-])c(CCC(=O)[O-])c2C)NC1=O. The number of allylic oxidation sites excluding steroid dienone is 2. The van der Waals surface area contributed by atoms with Gasteiger partial charge in [-0.25, -0.2) is 0 Å². The van der Waals surface area contributed by atoms with Crippen LogP contribution in [0.25, 0.3) is 12.2 Å². The molecule has 4 heterocycles. The zero-order chi connectivity index (χ0) is 31.6. The summed E-state index contributed by atoms with van der Waals surface area (Å²) in [6.07, 6.45) is 7.01. The van der Waals surface area contributed by atoms with Crippen LogP contribution in [0.2, 0.25) is 0 Å². The molecule has 0 aromatic carbocycles. The van der Waals surface area contributed by atoms with Crippen molar-refractivity contribution in [1.29, 1.82) is 0 Å². The van der Waals surface area contributed by atoms with Crippen LogP contribution in [0.4, 0.5) is 0 Å². The number of hydrogen-bond acceptors (Lipinski definition) is 6. The molecule has 0 bridgehead atoms. The Morgan fingerprint density at radius 1 is 0.698 bits per heavy atom. The average molecular weight is 583 g/mol. The van der Waals surface area contributed by atoms with Crippen LogP contribution in [-0.4, -0.2) is 33.7 Å². The number of H-pyrrole nitrogens is 2. The van der Waals surface area contributed by atoms with Gasteiger partial charge in [0, 0.05) is 63.7 Å². The van der Waals surface area contributed by atoms with Crippen LogP contribution in [-0.2, 0) is 38.4 Å². The molecule has 2 aliphatic heterocycles. The lowest BCUT2D eigenvalue weighted by Crippen LogP contribution is -2.22. The molecule has 0 unspecified atom stereocenters. The fourth-order valence-electron chi connectivity index (χ4n) is 5.61. The number of carbonyl (C=O) groups is 4. The smallest absolute Gasteiger partial charge is 0.255 e. The summed E-state index contributed by atoms with van der Waals surface area (Å²) in [6.45, 7) is 14.8. The molecule has 224 valence electrons. The predicted molar refractivity (Wildman–Crippen MR) is 159 cm³/mol. The van der Waals surface area contributed by atoms with Gasteiger partial charge in [0.15, 0.2) is 0 Å². The Labute approximate surface area is 249 Å². The van der Waals surface area contributed by atoms with Gasteiger partial charge >= 0.3 is 0 Å². The third kappa shape index (κ3) is 6.23. The Morgan fingerprint density at radius 3 is 1.37 bits per heavy atom. The summed E-state index contributed by atoms with van der Waals surface area (Å²) in [5, 5.41) is 28.5. The topological polar surface area (TPSA) is 170 Å². The van der Waals surface area contributed by atoms with E-state index in [0.717, 1.165) is 44.8 Å². The highest BCUT2D eigenvalue weighted by Crippen LogP contribution is 2.31. The Hall–Kier alpha value is -5.12. The molecule has 10 heteroatoms. The van der Waals surface area contributed by atoms with Crippen LogP contribution in [0, 0.1) is 13.8 Å². The fraction of sp³-hybridized carbons (Fsp3) is 0.273. The van der Waals surface area contributed by atoms with Crippen LogP contribution < -0.4 is 20.8 Å². The number of aliphatic carboxylic acids is 2. The first-order chi connectivity index (χ1) is 20.4. The molecule has 2 aromatic rings. The number of hydrogen-bond donors (Lipinski definition) is 4. The Kier molecular flexibility index (Phi) is 8.89. The van der Waals surface area contributed by atoms with Crippen LogP contribution in [0.1, 0.15) is 71.7 Å². The summed E-state index contributed by atoms with van der Waals surface area (Å²) in [7, 11) is 0. The number of carboxylic acids is 2. The molecule has 0 saturated heterocycles. The minimum Gasteiger partial charge on any atom is -0.550 e. The number of carboxylic acid groups (broad SMARTS) is 2. The molecule has 2 amide bonds. The van der Waals surface area contributed by atoms with Crippen molar-refractivity contribution in [3.8, 4) is 0 Å². The predicted octanol–water partition coefficient (Wildman–Crippen LogP) is 1.86. The summed E-state index contributed by atoms with van der Waals surface area (Å²) in [5.74, 6) is -2.84. The summed E-state index contributed by atoms with van der Waals surface area (Å²) in [4.78, 5) is 54.2. The van der Waals surface area contributed by atoms with Crippen molar-refractivity contribution in [2.24, 2.45) is 0 Å². The van der Waals surface area contributed by atoms with Gasteiger partial charge < -0.3 is 40.4 Å². The third-order valence-corrected chi connectivity index (χ3v) is 8.11. The second-order valence-electron chi connectivity index (χ2n) is 10.7. The standard InChI is InChI=1S/C33H36N4O6/c1-7-20-16(3)26(36-32(20)42)13-24-18(5)22(9-11-30(38)39)28(34-24)15-29-23(10-12-31(40)41)19(6)25(35-29)14-27-17(4)21(8-2)33(43)37-27/h7-8,13-14,34-35H,1-2,9-12,15H2,3-6H3,(H,36,42)(H,37,43)(H,38,39)(H,40,41)/p-2/b26-13-,27-14-. The van der Waals surface area contributed by atoms with E-state index >= 15 is 0 Å². The minimum absolute atomic E-state index is 0.187. The molecule has 4 N–H and O–H groups in total. The molecule has 0 radical (unpaired) electrons. The van der Waals surface area contributed by atoms with E-state index in [2.05, 4.69) is 33.8 Å². The summed E-state index contributed by atoms with van der Waals surface area (Å²) in [5.41, 5.74) is 9.83. The van der Waals surface area contributed by atoms with Gasteiger partial charge in [0.25, 0.3) is 11.8 Å². The summed E-state index contributed by atoms with van der Waals surface area (Å²) < 4.78 is 0. The van der Waals surface area contributed by atoms with Gasteiger partial charge in [-0.3, -0.25) is 9.59 Å². The van der Waals surface area contributed by atoms with E-state index in [0.29, 0.717) is 40.3 Å². The second kappa shape index (κ2) is 12.4. The summed E-state index contributed by atoms with van der Waals surface area (Å²) in [6, 6.07) is 0. The largest absolute Gasteiger partial charge is 0.550 e. The molecule has 0 atom stereocenters. The van der Waals surface area contributed by atoms with Crippen molar-refractivity contribution in [2.75, 3.05) is 0 Å². The molecule has 0 spiro atoms. The Bertz CT molecular complexity index is 1580. The number of aromatic amines is 2. The van der Waals surface area contributed by atoms with Gasteiger partial charge in [0.05, 0.1) is 0 Å². The van der Waals surface area contributed by atoms with Gasteiger partial charge in [0.1, 0.15) is 0 Å². The van der Waals surface area contributed by atoms with Crippen LogP contribution in [0.3, 0.4) is 0 Å². The highest BCUT2D eigenvalue weighted by molar-refractivity contribution is 6.04. The van der Waals surface area contributed by atoms with E-state index in [1.165, 1.54) is 12.2 Å². The molecule has 2 aliphatic rings. The molecule has 2 aromatic heterocycles. The lowest BCUT2D eigenvalue weighted by Gasteiger charge is -2.09. The molecule has 0 aliphatic carbocycles. The lowest BCUT2D eigenvalue weighted by atomic mass is 9.98. The number of rotatable bonds is 12. The molecular formula is C33H34N4O6-2. The molecule has 10 nitrogen and oxygen atoms in total. The fourth-order valence-corrected chi connectivity index (χ4v) is 5.61. The first-order valence-electron chi connectivity index (χ1n) is 13.9. The number of aromatic nitrogens is 2. The summed E-state index contributed by atoms with van der Waals surface area (Å²) >= 11 is 0. The molecular weight excluding hydrogens is 548 g/mol. The normalized spacial score (nSPS) is 16.8. The Morgan fingerprint density at radius 2 is 1.07 bits per heavy atom. The first kappa shape index (κ1) is 30.8. The zero-order valence-corrected chi connectivity index (χ0v) is 24.7. The molecule has 43 heavy (non-hydrogen) atoms. The first-order valence-corrected chi connectivity index (χ1v) is 13.9. The monoisotopic (exact) mass is 582 g/mol. The number of amides is 2. The van der Waals surface area contributed by atoms with Crippen molar-refractivity contribution in [3.05, 3.63) is 104 Å². The second-order valence-corrected chi connectivity index (χ2v) is 10.7. The van der Waals surface area contributed by atoms with E-state index in [1.54, 1.807) is 0 Å². The maximum absolute atomic E-state index is 12.3. The average Bonchev–Trinajstić information content (AvgIpc) is 3.58. The van der Waals surface area contributed by atoms with E-state index in [9.17, 15) is 29.4 Å². The molecule has 0 fully saturated rings. The minimum atomic E-state index is -1.18. The van der Waals surface area contributed by atoms with Gasteiger partial charge in [-0.1, -0.05) is 25.3 Å². The van der Waals surface area contributed by atoms with Gasteiger partial charge in [-0.05, 0) is 98.9 Å². The number of carbonyl (C=O) groups excluding carboxylic acids is 4. The Balaban J connectivity index is 1.80. The van der Waals surface area contributed by atoms with E-state index in [-0.39, 0.29) is 37.5 Å². The lowest BCUT2D eigenvalue weighted by molar-refractivity contribution is -0.307. The van der Waals surface area contributed by atoms with Crippen molar-refractivity contribution >= 4 is 35.9 Å². The number of nitrogens with one attached hydrogen (secondary N) is 4. The van der Waals surface area contributed by atoms with E-state index < -0.39 is 11.9 Å². The van der Waals surface area contributed by atoms with Gasteiger partial charge in [-0.15, -0.1) is 0 Å². The van der Waals surface area contributed by atoms with Crippen molar-refractivity contribution in [2.45, 2.75) is 59.8 Å². The highest BCUT2D eigenvalue weighted by atomic mass is 16.4. The quantitative estimate of drug-likeness (QED) is 0.298. The van der Waals surface area contributed by atoms with E-state index in [4.69, 9.17) is 0 Å². The maximum atomic E-state index is 12.3. The van der Waals surface area contributed by atoms with Gasteiger partial charge in [0.2, 0.25) is 0 Å². The van der Waals surface area contributed by atoms with Crippen molar-refractivity contribution in [3.63, 3.8) is 0 Å². The van der Waals surface area contributed by atoms with Crippen LogP contribution >= 0.6 is 0 Å². The van der Waals surface area contributed by atoms with E-state index in [1.807, 2.05) is 39.8 Å². The van der Waals surface area contributed by atoms with Crippen LogP contribution in [0.5, 0.6) is 0 Å². The van der Waals surface area contributed by atoms with Crippen LogP contribution in [0.15, 0.2) is 59.0 Å². The van der Waals surface area contributed by atoms with Gasteiger partial charge in [-0.2, -0.15) is 0 Å². The maximum Gasteiger partial charge on any atom is 0.255 e. The highest BCUT2D eigenvalue weighted by Gasteiger charge is 2.25. The zero-order valence-electron chi connectivity index (χ0n) is 24.7. The molecule has 0 saturated carbocycles. The van der Waals surface area contributed by atoms with Crippen molar-refractivity contribution in [1.82, 2.24) is 20.6 Å². The third-order valence-electron chi connectivity index (χ3n) is 8.11. The van der Waals surface area contributed by atoms with Crippen molar-refractivity contribution < 1.29 is 29.4 Å². The molecule has 4 rings (SSSR count).